The van der Waals surface area contributed by atoms with Crippen molar-refractivity contribution in [3.8, 4) is 0 Å². The van der Waals surface area contributed by atoms with Crippen LogP contribution in [0.25, 0.3) is 0 Å². The molecule has 3 rings (SSSR count). The SMILES string of the molecule is Cc1ccncc1CCCN1CCCN(c2ccc(F)c(F)c2)CC1. The molecule has 1 fully saturated rings. The largest absolute Gasteiger partial charge is 0.370 e. The summed E-state index contributed by atoms with van der Waals surface area (Å²) < 4.78 is 26.6. The van der Waals surface area contributed by atoms with Crippen LogP contribution in [0.3, 0.4) is 0 Å². The Hall–Kier alpha value is -2.01. The summed E-state index contributed by atoms with van der Waals surface area (Å²) in [7, 11) is 0. The van der Waals surface area contributed by atoms with Crippen LogP contribution in [0.2, 0.25) is 0 Å². The molecule has 0 amide bonds. The molecule has 134 valence electrons. The maximum Gasteiger partial charge on any atom is 0.160 e. The van der Waals surface area contributed by atoms with Gasteiger partial charge in [-0.15, -0.1) is 0 Å². The molecule has 5 heteroatoms. The van der Waals surface area contributed by atoms with Crippen LogP contribution in [0.4, 0.5) is 14.5 Å². The lowest BCUT2D eigenvalue weighted by atomic mass is 10.1. The molecule has 25 heavy (non-hydrogen) atoms. The van der Waals surface area contributed by atoms with Crippen molar-refractivity contribution >= 4 is 5.69 Å². The van der Waals surface area contributed by atoms with Crippen molar-refractivity contribution < 1.29 is 8.78 Å². The number of aromatic nitrogens is 1. The number of rotatable bonds is 5. The van der Waals surface area contributed by atoms with Gasteiger partial charge in [0.1, 0.15) is 0 Å². The molecular weight excluding hydrogens is 320 g/mol. The molecular formula is C20H25F2N3. The normalized spacial score (nSPS) is 16.0. The van der Waals surface area contributed by atoms with Crippen molar-refractivity contribution in [3.63, 3.8) is 0 Å². The van der Waals surface area contributed by atoms with Gasteiger partial charge < -0.3 is 9.80 Å². The Bertz CT molecular complexity index is 705. The molecule has 1 aliphatic heterocycles. The molecule has 0 bridgehead atoms. The molecule has 0 saturated carbocycles. The smallest absolute Gasteiger partial charge is 0.160 e. The third-order valence-corrected chi connectivity index (χ3v) is 4.92. The molecule has 1 saturated heterocycles. The van der Waals surface area contributed by atoms with Crippen molar-refractivity contribution in [1.82, 2.24) is 9.88 Å². The number of hydrogen-bond donors (Lipinski definition) is 0. The summed E-state index contributed by atoms with van der Waals surface area (Å²) in [6, 6.07) is 6.24. The Morgan fingerprint density at radius 2 is 1.92 bits per heavy atom. The molecule has 1 aliphatic rings. The average Bonchev–Trinajstić information content (AvgIpc) is 2.85. The van der Waals surface area contributed by atoms with E-state index in [9.17, 15) is 8.78 Å². The summed E-state index contributed by atoms with van der Waals surface area (Å²) in [6.45, 7) is 6.90. The topological polar surface area (TPSA) is 19.4 Å². The van der Waals surface area contributed by atoms with E-state index in [4.69, 9.17) is 0 Å². The number of benzene rings is 1. The molecule has 1 aromatic carbocycles. The summed E-state index contributed by atoms with van der Waals surface area (Å²) in [5.74, 6) is -1.56. The van der Waals surface area contributed by atoms with Crippen molar-refractivity contribution in [2.24, 2.45) is 0 Å². The van der Waals surface area contributed by atoms with Gasteiger partial charge >= 0.3 is 0 Å². The fourth-order valence-corrected chi connectivity index (χ4v) is 3.39. The zero-order chi connectivity index (χ0) is 17.6. The van der Waals surface area contributed by atoms with E-state index in [0.29, 0.717) is 0 Å². The molecule has 0 spiro atoms. The Morgan fingerprint density at radius 1 is 1.04 bits per heavy atom. The van der Waals surface area contributed by atoms with Crippen molar-refractivity contribution in [2.75, 3.05) is 37.6 Å². The first-order valence-electron chi connectivity index (χ1n) is 8.95. The lowest BCUT2D eigenvalue weighted by molar-refractivity contribution is 0.290. The molecule has 2 heterocycles. The van der Waals surface area contributed by atoms with Crippen LogP contribution in [0, 0.1) is 18.6 Å². The Kier molecular flexibility index (Phi) is 5.97. The highest BCUT2D eigenvalue weighted by Crippen LogP contribution is 2.20. The number of nitrogens with zero attached hydrogens (tertiary/aromatic N) is 3. The van der Waals surface area contributed by atoms with Gasteiger partial charge in [0.05, 0.1) is 0 Å². The fraction of sp³-hybridized carbons (Fsp3) is 0.450. The highest BCUT2D eigenvalue weighted by atomic mass is 19.2. The second-order valence-electron chi connectivity index (χ2n) is 6.69. The second-order valence-corrected chi connectivity index (χ2v) is 6.69. The number of aryl methyl sites for hydroxylation is 2. The van der Waals surface area contributed by atoms with Crippen molar-refractivity contribution in [2.45, 2.75) is 26.2 Å². The van der Waals surface area contributed by atoms with E-state index in [0.717, 1.165) is 57.7 Å². The van der Waals surface area contributed by atoms with Crippen LogP contribution in [-0.4, -0.2) is 42.6 Å². The zero-order valence-electron chi connectivity index (χ0n) is 14.7. The molecule has 2 aromatic rings. The molecule has 0 atom stereocenters. The maximum atomic E-state index is 13.5. The van der Waals surface area contributed by atoms with E-state index < -0.39 is 11.6 Å². The van der Waals surface area contributed by atoms with Gasteiger partial charge in [0, 0.05) is 43.8 Å². The molecule has 0 aliphatic carbocycles. The van der Waals surface area contributed by atoms with Gasteiger partial charge in [-0.2, -0.15) is 0 Å². The van der Waals surface area contributed by atoms with E-state index in [1.165, 1.54) is 23.3 Å². The standard InChI is InChI=1S/C20H25F2N3/c1-16-7-8-23-15-17(16)4-2-9-24-10-3-11-25(13-12-24)18-5-6-19(21)20(22)14-18/h5-8,14-15H,2-4,9-13H2,1H3. The lowest BCUT2D eigenvalue weighted by Gasteiger charge is -2.23. The molecule has 0 N–H and O–H groups in total. The predicted molar refractivity (Wildman–Crippen MR) is 96.9 cm³/mol. The third kappa shape index (κ3) is 4.75. The number of pyridine rings is 1. The van der Waals surface area contributed by atoms with Crippen LogP contribution in [0.1, 0.15) is 24.0 Å². The van der Waals surface area contributed by atoms with E-state index >= 15 is 0 Å². The lowest BCUT2D eigenvalue weighted by Crippen LogP contribution is -2.31. The monoisotopic (exact) mass is 345 g/mol. The quantitative estimate of drug-likeness (QED) is 0.821. The number of anilines is 1. The molecule has 0 unspecified atom stereocenters. The van der Waals surface area contributed by atoms with Crippen molar-refractivity contribution in [3.05, 3.63) is 59.4 Å². The van der Waals surface area contributed by atoms with Gasteiger partial charge in [0.15, 0.2) is 11.6 Å². The summed E-state index contributed by atoms with van der Waals surface area (Å²) in [6.07, 6.45) is 6.98. The highest BCUT2D eigenvalue weighted by Gasteiger charge is 2.16. The second kappa shape index (κ2) is 8.39. The van der Waals surface area contributed by atoms with Crippen LogP contribution in [-0.2, 0) is 6.42 Å². The average molecular weight is 345 g/mol. The van der Waals surface area contributed by atoms with Crippen molar-refractivity contribution in [1.29, 1.82) is 0 Å². The van der Waals surface area contributed by atoms with Crippen LogP contribution >= 0.6 is 0 Å². The maximum absolute atomic E-state index is 13.5. The van der Waals surface area contributed by atoms with E-state index in [2.05, 4.69) is 27.8 Å². The molecule has 3 nitrogen and oxygen atoms in total. The van der Waals surface area contributed by atoms with Gasteiger partial charge in [0.2, 0.25) is 0 Å². The minimum absolute atomic E-state index is 0.770. The van der Waals surface area contributed by atoms with Gasteiger partial charge in [-0.05, 0) is 68.6 Å². The Labute approximate surface area is 148 Å². The van der Waals surface area contributed by atoms with Crippen LogP contribution < -0.4 is 4.90 Å². The Morgan fingerprint density at radius 3 is 2.72 bits per heavy atom. The first-order valence-corrected chi connectivity index (χ1v) is 8.95. The van der Waals surface area contributed by atoms with E-state index in [-0.39, 0.29) is 0 Å². The minimum Gasteiger partial charge on any atom is -0.370 e. The minimum atomic E-state index is -0.786. The van der Waals surface area contributed by atoms with Gasteiger partial charge in [-0.3, -0.25) is 4.98 Å². The highest BCUT2D eigenvalue weighted by molar-refractivity contribution is 5.46. The summed E-state index contributed by atoms with van der Waals surface area (Å²) >= 11 is 0. The van der Waals surface area contributed by atoms with Gasteiger partial charge in [-0.25, -0.2) is 8.78 Å². The van der Waals surface area contributed by atoms with Gasteiger partial charge in [0.25, 0.3) is 0 Å². The first kappa shape index (κ1) is 17.8. The van der Waals surface area contributed by atoms with Crippen LogP contribution in [0.5, 0.6) is 0 Å². The molecule has 0 radical (unpaired) electrons. The summed E-state index contributed by atoms with van der Waals surface area (Å²) in [5, 5.41) is 0. The fourth-order valence-electron chi connectivity index (χ4n) is 3.39. The van der Waals surface area contributed by atoms with Gasteiger partial charge in [-0.1, -0.05) is 0 Å². The first-order chi connectivity index (χ1) is 12.1. The number of halogens is 2. The summed E-state index contributed by atoms with van der Waals surface area (Å²) in [4.78, 5) is 8.82. The zero-order valence-corrected chi connectivity index (χ0v) is 14.7. The van der Waals surface area contributed by atoms with E-state index in [1.807, 2.05) is 12.4 Å². The summed E-state index contributed by atoms with van der Waals surface area (Å²) in [5.41, 5.74) is 3.39. The predicted octanol–water partition coefficient (Wildman–Crippen LogP) is 3.81. The Balaban J connectivity index is 1.50. The third-order valence-electron chi connectivity index (χ3n) is 4.92. The molecule has 1 aromatic heterocycles. The number of hydrogen-bond acceptors (Lipinski definition) is 3. The van der Waals surface area contributed by atoms with Crippen LogP contribution in [0.15, 0.2) is 36.7 Å². The van der Waals surface area contributed by atoms with E-state index in [1.54, 1.807) is 6.07 Å².